The van der Waals surface area contributed by atoms with Gasteiger partial charge in [-0.3, -0.25) is 0 Å². The van der Waals surface area contributed by atoms with Crippen LogP contribution in [-0.4, -0.2) is 68.3 Å². The second-order valence-corrected chi connectivity index (χ2v) is 11.1. The van der Waals surface area contributed by atoms with Crippen LogP contribution in [-0.2, 0) is 10.4 Å². The van der Waals surface area contributed by atoms with E-state index in [1.54, 1.807) is 0 Å². The third-order valence-electron chi connectivity index (χ3n) is 6.51. The SMILES string of the molecule is CC1(C)C=C(N2CCN(C3=CC(C)(C)N([O])C(C)(C)C3)CC2)CC(C)(C)N1[O]. The summed E-state index contributed by atoms with van der Waals surface area (Å²) in [5.74, 6) is 0. The number of hydrogen-bond acceptors (Lipinski definition) is 4. The molecule has 1 fully saturated rings. The van der Waals surface area contributed by atoms with Gasteiger partial charge in [-0.05, 0) is 67.5 Å². The molecule has 0 N–H and O–H groups in total. The third kappa shape index (κ3) is 3.84. The molecule has 0 amide bonds. The molecule has 6 nitrogen and oxygen atoms in total. The monoisotopic (exact) mass is 390 g/mol. The van der Waals surface area contributed by atoms with E-state index in [4.69, 9.17) is 0 Å². The highest BCUT2D eigenvalue weighted by atomic mass is 16.5. The minimum atomic E-state index is -0.480. The minimum absolute atomic E-state index is 0.387. The average molecular weight is 391 g/mol. The largest absolute Gasteiger partial charge is 0.371 e. The fourth-order valence-electron chi connectivity index (χ4n) is 5.31. The maximum atomic E-state index is 12.6. The van der Waals surface area contributed by atoms with Crippen molar-refractivity contribution in [3.8, 4) is 0 Å². The molecule has 0 unspecified atom stereocenters. The Labute approximate surface area is 171 Å². The molecule has 1 saturated heterocycles. The molecule has 3 heterocycles. The molecule has 0 aromatic heterocycles. The highest BCUT2D eigenvalue weighted by molar-refractivity contribution is 5.22. The van der Waals surface area contributed by atoms with Gasteiger partial charge in [0.2, 0.25) is 0 Å². The molecular formula is C22H38N4O2. The van der Waals surface area contributed by atoms with Gasteiger partial charge >= 0.3 is 0 Å². The van der Waals surface area contributed by atoms with Gasteiger partial charge in [0, 0.05) is 50.4 Å². The number of hydrogen-bond donors (Lipinski definition) is 0. The molecular weight excluding hydrogens is 352 g/mol. The van der Waals surface area contributed by atoms with Crippen molar-refractivity contribution in [3.05, 3.63) is 23.5 Å². The van der Waals surface area contributed by atoms with Crippen LogP contribution in [0.1, 0.15) is 68.2 Å². The van der Waals surface area contributed by atoms with Gasteiger partial charge in [-0.15, -0.1) is 20.5 Å². The van der Waals surface area contributed by atoms with Gasteiger partial charge < -0.3 is 9.80 Å². The van der Waals surface area contributed by atoms with Crippen LogP contribution in [0.25, 0.3) is 0 Å². The summed E-state index contributed by atoms with van der Waals surface area (Å²) in [6, 6.07) is 0. The van der Waals surface area contributed by atoms with Crippen molar-refractivity contribution < 1.29 is 10.4 Å². The molecule has 0 bridgehead atoms. The van der Waals surface area contributed by atoms with Gasteiger partial charge in [0.1, 0.15) is 0 Å². The Morgan fingerprint density at radius 1 is 0.607 bits per heavy atom. The van der Waals surface area contributed by atoms with Gasteiger partial charge in [0.15, 0.2) is 0 Å². The smallest absolute Gasteiger partial charge is 0.0642 e. The Morgan fingerprint density at radius 2 is 0.893 bits per heavy atom. The molecule has 3 aliphatic rings. The van der Waals surface area contributed by atoms with E-state index in [1.807, 2.05) is 55.4 Å². The maximum absolute atomic E-state index is 12.6. The van der Waals surface area contributed by atoms with E-state index in [9.17, 15) is 10.4 Å². The van der Waals surface area contributed by atoms with Crippen molar-refractivity contribution in [2.75, 3.05) is 26.2 Å². The van der Waals surface area contributed by atoms with Crippen molar-refractivity contribution in [1.29, 1.82) is 0 Å². The summed E-state index contributed by atoms with van der Waals surface area (Å²) in [5, 5.41) is 27.7. The van der Waals surface area contributed by atoms with Crippen LogP contribution >= 0.6 is 0 Å². The predicted molar refractivity (Wildman–Crippen MR) is 110 cm³/mol. The summed E-state index contributed by atoms with van der Waals surface area (Å²) in [4.78, 5) is 4.90. The lowest BCUT2D eigenvalue weighted by Crippen LogP contribution is -2.58. The predicted octanol–water partition coefficient (Wildman–Crippen LogP) is 3.59. The Hall–Kier alpha value is -1.08. The van der Waals surface area contributed by atoms with Crippen LogP contribution in [0.3, 0.4) is 0 Å². The van der Waals surface area contributed by atoms with Gasteiger partial charge in [0.25, 0.3) is 0 Å². The zero-order valence-corrected chi connectivity index (χ0v) is 19.0. The van der Waals surface area contributed by atoms with Gasteiger partial charge in [-0.25, -0.2) is 0 Å². The summed E-state index contributed by atoms with van der Waals surface area (Å²) in [5.41, 5.74) is 0.860. The lowest BCUT2D eigenvalue weighted by atomic mass is 9.84. The first-order valence-corrected chi connectivity index (χ1v) is 10.5. The van der Waals surface area contributed by atoms with E-state index in [2.05, 4.69) is 22.0 Å². The first kappa shape index (κ1) is 21.6. The zero-order valence-electron chi connectivity index (χ0n) is 19.0. The fraction of sp³-hybridized carbons (Fsp3) is 0.818. The second-order valence-electron chi connectivity index (χ2n) is 11.1. The normalized spacial score (nSPS) is 30.1. The summed E-state index contributed by atoms with van der Waals surface area (Å²) in [6.07, 6.45) is 5.88. The summed E-state index contributed by atoms with van der Waals surface area (Å²) in [7, 11) is 0. The lowest BCUT2D eigenvalue weighted by molar-refractivity contribution is -0.265. The van der Waals surface area contributed by atoms with Crippen molar-refractivity contribution in [3.63, 3.8) is 0 Å². The Morgan fingerprint density at radius 3 is 1.14 bits per heavy atom. The van der Waals surface area contributed by atoms with Crippen molar-refractivity contribution in [2.24, 2.45) is 0 Å². The van der Waals surface area contributed by atoms with E-state index in [1.165, 1.54) is 21.5 Å². The molecule has 0 spiro atoms. The summed E-state index contributed by atoms with van der Waals surface area (Å²) < 4.78 is 0. The molecule has 0 saturated carbocycles. The Kier molecular flexibility index (Phi) is 5.19. The molecule has 28 heavy (non-hydrogen) atoms. The standard InChI is InChI=1S/C22H38N4O2/c1-19(2)13-17(14-20(3,4)25(19)27)23-9-11-24(12-10-23)18-15-21(5,6)26(28)22(7,8)16-18/h13,15H,9-12,14,16H2,1-8H3. The number of hydroxylamine groups is 4. The lowest BCUT2D eigenvalue weighted by Gasteiger charge is -2.51. The molecule has 158 valence electrons. The van der Waals surface area contributed by atoms with E-state index in [-0.39, 0.29) is 11.1 Å². The topological polar surface area (TPSA) is 52.8 Å². The third-order valence-corrected chi connectivity index (χ3v) is 6.51. The van der Waals surface area contributed by atoms with Crippen LogP contribution < -0.4 is 0 Å². The molecule has 0 aromatic rings. The van der Waals surface area contributed by atoms with E-state index in [0.29, 0.717) is 0 Å². The van der Waals surface area contributed by atoms with Crippen molar-refractivity contribution >= 4 is 0 Å². The zero-order chi connectivity index (χ0) is 21.1. The number of nitrogens with zero attached hydrogens (tertiary/aromatic N) is 4. The van der Waals surface area contributed by atoms with Crippen LogP contribution in [0.5, 0.6) is 0 Å². The number of piperazine rings is 1. The van der Waals surface area contributed by atoms with Crippen LogP contribution in [0.4, 0.5) is 0 Å². The fourth-order valence-corrected chi connectivity index (χ4v) is 5.31. The molecule has 0 aliphatic carbocycles. The van der Waals surface area contributed by atoms with Crippen LogP contribution in [0.15, 0.2) is 23.5 Å². The molecule has 0 aromatic carbocycles. The first-order valence-electron chi connectivity index (χ1n) is 10.5. The quantitative estimate of drug-likeness (QED) is 0.723. The summed E-state index contributed by atoms with van der Waals surface area (Å²) >= 11 is 0. The second kappa shape index (κ2) is 6.73. The first-order chi connectivity index (χ1) is 12.7. The molecule has 6 heteroatoms. The van der Waals surface area contributed by atoms with Gasteiger partial charge in [0.05, 0.1) is 22.2 Å². The molecule has 3 rings (SSSR count). The van der Waals surface area contributed by atoms with E-state index in [0.717, 1.165) is 39.0 Å². The van der Waals surface area contributed by atoms with Gasteiger partial charge in [-0.1, -0.05) is 0 Å². The molecule has 0 atom stereocenters. The van der Waals surface area contributed by atoms with Crippen molar-refractivity contribution in [1.82, 2.24) is 19.9 Å². The Balaban J connectivity index is 1.72. The maximum Gasteiger partial charge on any atom is 0.0642 e. The highest BCUT2D eigenvalue weighted by Crippen LogP contribution is 2.39. The van der Waals surface area contributed by atoms with Crippen molar-refractivity contribution in [2.45, 2.75) is 90.4 Å². The Bertz CT molecular complexity index is 612. The molecule has 3 aliphatic heterocycles. The van der Waals surface area contributed by atoms with Crippen LogP contribution in [0, 0.1) is 0 Å². The van der Waals surface area contributed by atoms with Crippen LogP contribution in [0.2, 0.25) is 0 Å². The number of rotatable bonds is 2. The van der Waals surface area contributed by atoms with E-state index < -0.39 is 11.1 Å². The van der Waals surface area contributed by atoms with E-state index >= 15 is 0 Å². The highest BCUT2D eigenvalue weighted by Gasteiger charge is 2.45. The van der Waals surface area contributed by atoms with Gasteiger partial charge in [-0.2, -0.15) is 0 Å². The minimum Gasteiger partial charge on any atom is -0.371 e. The average Bonchev–Trinajstić information content (AvgIpc) is 2.56. The summed E-state index contributed by atoms with van der Waals surface area (Å²) in [6.45, 7) is 20.0. The molecule has 2 radical (unpaired) electrons.